The second-order valence-electron chi connectivity index (χ2n) is 7.65. The zero-order valence-corrected chi connectivity index (χ0v) is 16.1. The van der Waals surface area contributed by atoms with Gasteiger partial charge in [-0.1, -0.05) is 30.3 Å². The fourth-order valence-electron chi connectivity index (χ4n) is 4.54. The van der Waals surface area contributed by atoms with Crippen LogP contribution in [0, 0.1) is 0 Å². The number of benzene rings is 4. The molecule has 0 radical (unpaired) electrons. The van der Waals surface area contributed by atoms with Crippen molar-refractivity contribution in [3.05, 3.63) is 101 Å². The van der Waals surface area contributed by atoms with Gasteiger partial charge in [0.2, 0.25) is 0 Å². The van der Waals surface area contributed by atoms with E-state index in [1.54, 1.807) is 24.3 Å². The number of rotatable bonds is 3. The predicted octanol–water partition coefficient (Wildman–Crippen LogP) is 5.53. The van der Waals surface area contributed by atoms with E-state index in [-0.39, 0.29) is 11.8 Å². The van der Waals surface area contributed by atoms with Crippen molar-refractivity contribution in [3.8, 4) is 11.5 Å². The summed E-state index contributed by atoms with van der Waals surface area (Å²) in [5, 5.41) is 1.91. The molecule has 0 aromatic heterocycles. The number of carbonyl (C=O) groups excluding carboxylic acids is 2. The third-order valence-corrected chi connectivity index (χ3v) is 5.94. The van der Waals surface area contributed by atoms with Crippen LogP contribution >= 0.6 is 0 Å². The molecule has 4 nitrogen and oxygen atoms in total. The number of hydrogen-bond acceptors (Lipinski definition) is 3. The van der Waals surface area contributed by atoms with Crippen LogP contribution in [0.25, 0.3) is 10.8 Å². The second kappa shape index (κ2) is 6.29. The number of amides is 2. The summed E-state index contributed by atoms with van der Waals surface area (Å²) in [6.07, 6.45) is 1.93. The number of para-hydroxylation sites is 1. The topological polar surface area (TPSA) is 46.6 Å². The lowest BCUT2D eigenvalue weighted by atomic mass is 9.91. The molecular formula is C26H17NO3. The van der Waals surface area contributed by atoms with Crippen LogP contribution in [0.4, 0.5) is 5.69 Å². The molecule has 144 valence electrons. The Kier molecular flexibility index (Phi) is 3.56. The number of anilines is 1. The molecule has 2 amide bonds. The van der Waals surface area contributed by atoms with Gasteiger partial charge in [-0.15, -0.1) is 0 Å². The van der Waals surface area contributed by atoms with Gasteiger partial charge in [0.25, 0.3) is 11.8 Å². The lowest BCUT2D eigenvalue weighted by Crippen LogP contribution is -2.40. The number of aryl methyl sites for hydroxylation is 2. The van der Waals surface area contributed by atoms with E-state index in [0.717, 1.165) is 29.4 Å². The molecular weight excluding hydrogens is 374 g/mol. The average molecular weight is 391 g/mol. The van der Waals surface area contributed by atoms with Crippen LogP contribution in [0.5, 0.6) is 11.5 Å². The van der Waals surface area contributed by atoms with Crippen LogP contribution < -0.4 is 9.64 Å². The number of hydrogen-bond donors (Lipinski definition) is 0. The van der Waals surface area contributed by atoms with Gasteiger partial charge in [-0.25, -0.2) is 4.90 Å². The molecule has 0 atom stereocenters. The SMILES string of the molecule is O=C1c2ccc3c4c(ccc(c24)C(=O)N1c1ccc(Oc2ccccc2)cc1)CC3. The van der Waals surface area contributed by atoms with Gasteiger partial charge in [-0.2, -0.15) is 0 Å². The largest absolute Gasteiger partial charge is 0.457 e. The van der Waals surface area contributed by atoms with Crippen molar-refractivity contribution in [1.29, 1.82) is 0 Å². The molecule has 1 aliphatic carbocycles. The summed E-state index contributed by atoms with van der Waals surface area (Å²) < 4.78 is 5.82. The smallest absolute Gasteiger partial charge is 0.265 e. The Balaban J connectivity index is 1.40. The first kappa shape index (κ1) is 17.0. The highest BCUT2D eigenvalue weighted by Gasteiger charge is 2.35. The molecule has 0 spiro atoms. The van der Waals surface area contributed by atoms with E-state index in [0.29, 0.717) is 22.6 Å². The summed E-state index contributed by atoms with van der Waals surface area (Å²) >= 11 is 0. The molecule has 0 unspecified atom stereocenters. The third-order valence-electron chi connectivity index (χ3n) is 5.94. The van der Waals surface area contributed by atoms with Crippen LogP contribution in [0.2, 0.25) is 0 Å². The first-order valence-corrected chi connectivity index (χ1v) is 10.00. The summed E-state index contributed by atoms with van der Waals surface area (Å²) in [7, 11) is 0. The van der Waals surface area contributed by atoms with Gasteiger partial charge in [-0.3, -0.25) is 9.59 Å². The molecule has 4 heteroatoms. The van der Waals surface area contributed by atoms with Crippen LogP contribution in [-0.2, 0) is 12.8 Å². The Morgan fingerprint density at radius 1 is 0.600 bits per heavy atom. The highest BCUT2D eigenvalue weighted by Crippen LogP contribution is 2.39. The zero-order chi connectivity index (χ0) is 20.2. The molecule has 2 aliphatic rings. The van der Waals surface area contributed by atoms with Crippen molar-refractivity contribution < 1.29 is 14.3 Å². The molecule has 0 saturated heterocycles. The minimum atomic E-state index is -0.278. The molecule has 6 rings (SSSR count). The molecule has 1 heterocycles. The van der Waals surface area contributed by atoms with Crippen molar-refractivity contribution in [2.45, 2.75) is 12.8 Å². The Hall–Kier alpha value is -3.92. The lowest BCUT2D eigenvalue weighted by molar-refractivity contribution is 0.0893. The molecule has 4 aromatic carbocycles. The van der Waals surface area contributed by atoms with Crippen molar-refractivity contribution in [2.24, 2.45) is 0 Å². The molecule has 0 bridgehead atoms. The Bertz CT molecular complexity index is 1280. The van der Waals surface area contributed by atoms with Gasteiger partial charge < -0.3 is 4.74 Å². The number of nitrogens with zero attached hydrogens (tertiary/aromatic N) is 1. The van der Waals surface area contributed by atoms with Crippen molar-refractivity contribution >= 4 is 28.3 Å². The Morgan fingerprint density at radius 3 is 1.77 bits per heavy atom. The van der Waals surface area contributed by atoms with Crippen LogP contribution in [0.1, 0.15) is 31.8 Å². The van der Waals surface area contributed by atoms with Crippen LogP contribution in [0.15, 0.2) is 78.9 Å². The summed E-state index contributed by atoms with van der Waals surface area (Å²) in [6, 6.07) is 24.3. The molecule has 0 saturated carbocycles. The summed E-state index contributed by atoms with van der Waals surface area (Å²) in [5.41, 5.74) is 4.17. The standard InChI is InChI=1S/C26H17NO3/c28-25-21-14-8-16-6-7-17-9-15-22(24(21)23(16)17)26(29)27(25)18-10-12-20(13-11-18)30-19-4-2-1-3-5-19/h1-5,8-15H,6-7H2. The maximum atomic E-state index is 13.3. The second-order valence-corrected chi connectivity index (χ2v) is 7.65. The lowest BCUT2D eigenvalue weighted by Gasteiger charge is -2.27. The first-order valence-electron chi connectivity index (χ1n) is 10.00. The first-order chi connectivity index (χ1) is 14.7. The van der Waals surface area contributed by atoms with Gasteiger partial charge in [-0.05, 0) is 77.9 Å². The maximum absolute atomic E-state index is 13.3. The minimum Gasteiger partial charge on any atom is -0.457 e. The number of ether oxygens (including phenoxy) is 1. The normalized spacial score (nSPS) is 14.5. The van der Waals surface area contributed by atoms with E-state index in [1.165, 1.54) is 16.0 Å². The van der Waals surface area contributed by atoms with E-state index in [9.17, 15) is 9.59 Å². The number of imide groups is 1. The van der Waals surface area contributed by atoms with Gasteiger partial charge in [0.15, 0.2) is 0 Å². The van der Waals surface area contributed by atoms with E-state index >= 15 is 0 Å². The van der Waals surface area contributed by atoms with Crippen molar-refractivity contribution in [3.63, 3.8) is 0 Å². The summed E-state index contributed by atoms with van der Waals surface area (Å²) in [5.74, 6) is 0.817. The van der Waals surface area contributed by atoms with Gasteiger partial charge in [0.1, 0.15) is 11.5 Å². The fourth-order valence-corrected chi connectivity index (χ4v) is 4.54. The van der Waals surface area contributed by atoms with Crippen molar-refractivity contribution in [1.82, 2.24) is 0 Å². The van der Waals surface area contributed by atoms with Crippen LogP contribution in [-0.4, -0.2) is 11.8 Å². The van der Waals surface area contributed by atoms with E-state index in [2.05, 4.69) is 0 Å². The van der Waals surface area contributed by atoms with E-state index < -0.39 is 0 Å². The zero-order valence-electron chi connectivity index (χ0n) is 16.1. The monoisotopic (exact) mass is 391 g/mol. The third kappa shape index (κ3) is 2.40. The highest BCUT2D eigenvalue weighted by molar-refractivity contribution is 6.36. The quantitative estimate of drug-likeness (QED) is 0.431. The predicted molar refractivity (Wildman–Crippen MR) is 115 cm³/mol. The Morgan fingerprint density at radius 2 is 1.17 bits per heavy atom. The highest BCUT2D eigenvalue weighted by atomic mass is 16.5. The van der Waals surface area contributed by atoms with Gasteiger partial charge >= 0.3 is 0 Å². The van der Waals surface area contributed by atoms with Gasteiger partial charge in [0.05, 0.1) is 5.69 Å². The van der Waals surface area contributed by atoms with Gasteiger partial charge in [0, 0.05) is 16.5 Å². The maximum Gasteiger partial charge on any atom is 0.265 e. The Labute approximate surface area is 173 Å². The molecule has 30 heavy (non-hydrogen) atoms. The summed E-state index contributed by atoms with van der Waals surface area (Å²) in [4.78, 5) is 27.9. The number of carbonyl (C=O) groups is 2. The molecule has 0 fully saturated rings. The fraction of sp³-hybridized carbons (Fsp3) is 0.0769. The molecule has 1 aliphatic heterocycles. The average Bonchev–Trinajstić information content (AvgIpc) is 3.20. The molecule has 0 N–H and O–H groups in total. The summed E-state index contributed by atoms with van der Waals surface area (Å²) in [6.45, 7) is 0. The van der Waals surface area contributed by atoms with E-state index in [1.807, 2.05) is 54.6 Å². The van der Waals surface area contributed by atoms with Crippen LogP contribution in [0.3, 0.4) is 0 Å². The van der Waals surface area contributed by atoms with E-state index in [4.69, 9.17) is 4.74 Å². The molecule has 4 aromatic rings. The minimum absolute atomic E-state index is 0.278. The van der Waals surface area contributed by atoms with Crippen molar-refractivity contribution in [2.75, 3.05) is 4.90 Å².